The van der Waals surface area contributed by atoms with Crippen LogP contribution in [0.4, 0.5) is 5.69 Å². The lowest BCUT2D eigenvalue weighted by molar-refractivity contribution is -0.118. The predicted molar refractivity (Wildman–Crippen MR) is 101 cm³/mol. The van der Waals surface area contributed by atoms with Crippen LogP contribution in [0.3, 0.4) is 0 Å². The van der Waals surface area contributed by atoms with Crippen LogP contribution in [0.25, 0.3) is 0 Å². The summed E-state index contributed by atoms with van der Waals surface area (Å²) in [6.45, 7) is 6.99. The monoisotopic (exact) mass is 388 g/mol. The molecule has 126 valence electrons. The van der Waals surface area contributed by atoms with Gasteiger partial charge in [-0.05, 0) is 37.3 Å². The molecule has 0 saturated carbocycles. The Hall–Kier alpha value is -2.11. The number of rotatable bonds is 8. The molecule has 2 rings (SSSR count). The zero-order valence-corrected chi connectivity index (χ0v) is 15.2. The number of halogens is 1. The maximum Gasteiger partial charge on any atom is 0.262 e. The van der Waals surface area contributed by atoms with Gasteiger partial charge in [-0.15, -0.1) is 6.58 Å². The van der Waals surface area contributed by atoms with Gasteiger partial charge >= 0.3 is 0 Å². The second kappa shape index (κ2) is 9.25. The topological polar surface area (TPSA) is 50.4 Å². The van der Waals surface area contributed by atoms with Crippen LogP contribution in [0, 0.1) is 6.92 Å². The lowest BCUT2D eigenvalue weighted by Crippen LogP contribution is -2.21. The van der Waals surface area contributed by atoms with Crippen LogP contribution in [0.1, 0.15) is 11.1 Å². The quantitative estimate of drug-likeness (QED) is 0.529. The molecular formula is C19H21BrN2O2. The van der Waals surface area contributed by atoms with Gasteiger partial charge in [-0.3, -0.25) is 4.79 Å². The Kier molecular flexibility index (Phi) is 7.03. The van der Waals surface area contributed by atoms with Crippen LogP contribution >= 0.6 is 15.9 Å². The summed E-state index contributed by atoms with van der Waals surface area (Å²) in [7, 11) is 0. The molecule has 0 bridgehead atoms. The van der Waals surface area contributed by atoms with E-state index in [2.05, 4.69) is 33.1 Å². The zero-order valence-electron chi connectivity index (χ0n) is 13.6. The van der Waals surface area contributed by atoms with Gasteiger partial charge < -0.3 is 15.4 Å². The largest absolute Gasteiger partial charge is 0.483 e. The molecule has 0 unspecified atom stereocenters. The number of hydrogen-bond donors (Lipinski definition) is 2. The van der Waals surface area contributed by atoms with Gasteiger partial charge in [-0.25, -0.2) is 0 Å². The van der Waals surface area contributed by atoms with Crippen LogP contribution in [0.2, 0.25) is 0 Å². The van der Waals surface area contributed by atoms with Gasteiger partial charge in [0.05, 0.1) is 0 Å². The molecule has 0 radical (unpaired) electrons. The van der Waals surface area contributed by atoms with E-state index in [-0.39, 0.29) is 12.5 Å². The Labute approximate surface area is 151 Å². The second-order valence-corrected chi connectivity index (χ2v) is 6.29. The number of hydrogen-bond acceptors (Lipinski definition) is 3. The fraction of sp³-hybridized carbons (Fsp3) is 0.211. The van der Waals surface area contributed by atoms with E-state index in [9.17, 15) is 4.79 Å². The molecule has 0 atom stereocenters. The number of carbonyl (C=O) groups excluding carboxylic acids is 1. The van der Waals surface area contributed by atoms with Gasteiger partial charge in [0.25, 0.3) is 5.91 Å². The van der Waals surface area contributed by atoms with E-state index in [1.165, 1.54) is 0 Å². The first kappa shape index (κ1) is 18.2. The SMILES string of the molecule is C=CCNCc1cc(Br)ccc1OCC(=O)Nc1ccc(C)cc1. The number of ether oxygens (including phenoxy) is 1. The van der Waals surface area contributed by atoms with Crippen molar-refractivity contribution in [2.75, 3.05) is 18.5 Å². The maximum absolute atomic E-state index is 12.0. The Morgan fingerprint density at radius 2 is 2.00 bits per heavy atom. The summed E-state index contributed by atoms with van der Waals surface area (Å²) in [6.07, 6.45) is 1.80. The Morgan fingerprint density at radius 3 is 2.71 bits per heavy atom. The number of carbonyl (C=O) groups is 1. The van der Waals surface area contributed by atoms with Gasteiger partial charge in [0.15, 0.2) is 6.61 Å². The molecule has 2 aromatic rings. The summed E-state index contributed by atoms with van der Waals surface area (Å²) in [5, 5.41) is 6.05. The van der Waals surface area contributed by atoms with Crippen molar-refractivity contribution in [3.05, 3.63) is 70.7 Å². The van der Waals surface area contributed by atoms with Gasteiger partial charge in [-0.2, -0.15) is 0 Å². The number of amides is 1. The fourth-order valence-corrected chi connectivity index (χ4v) is 2.52. The van der Waals surface area contributed by atoms with E-state index < -0.39 is 0 Å². The number of aryl methyl sites for hydroxylation is 1. The molecule has 0 aliphatic rings. The molecule has 2 aromatic carbocycles. The third kappa shape index (κ3) is 5.83. The van der Waals surface area contributed by atoms with Crippen LogP contribution in [-0.4, -0.2) is 19.1 Å². The van der Waals surface area contributed by atoms with Crippen molar-refractivity contribution in [3.8, 4) is 5.75 Å². The molecule has 0 fully saturated rings. The molecule has 2 N–H and O–H groups in total. The van der Waals surface area contributed by atoms with Gasteiger partial charge in [-0.1, -0.05) is 39.7 Å². The van der Waals surface area contributed by atoms with E-state index in [1.807, 2.05) is 49.4 Å². The average Bonchev–Trinajstić information content (AvgIpc) is 2.56. The normalized spacial score (nSPS) is 10.2. The molecule has 0 aliphatic heterocycles. The summed E-state index contributed by atoms with van der Waals surface area (Å²) in [6, 6.07) is 13.4. The Balaban J connectivity index is 1.93. The highest BCUT2D eigenvalue weighted by molar-refractivity contribution is 9.10. The first-order chi connectivity index (χ1) is 11.6. The molecule has 0 heterocycles. The Bertz CT molecular complexity index is 699. The first-order valence-electron chi connectivity index (χ1n) is 7.68. The number of anilines is 1. The van der Waals surface area contributed by atoms with Crippen molar-refractivity contribution in [1.82, 2.24) is 5.32 Å². The van der Waals surface area contributed by atoms with Crippen molar-refractivity contribution in [2.24, 2.45) is 0 Å². The highest BCUT2D eigenvalue weighted by atomic mass is 79.9. The van der Waals surface area contributed by atoms with Crippen LogP contribution in [0.15, 0.2) is 59.6 Å². The van der Waals surface area contributed by atoms with Crippen molar-refractivity contribution in [1.29, 1.82) is 0 Å². The summed E-state index contributed by atoms with van der Waals surface area (Å²) in [5.74, 6) is 0.501. The Morgan fingerprint density at radius 1 is 1.25 bits per heavy atom. The predicted octanol–water partition coefficient (Wildman–Crippen LogP) is 4.05. The molecule has 24 heavy (non-hydrogen) atoms. The second-order valence-electron chi connectivity index (χ2n) is 5.37. The fourth-order valence-electron chi connectivity index (χ4n) is 2.11. The molecular weight excluding hydrogens is 368 g/mol. The minimum atomic E-state index is -0.188. The summed E-state index contributed by atoms with van der Waals surface area (Å²) >= 11 is 3.45. The van der Waals surface area contributed by atoms with Crippen LogP contribution < -0.4 is 15.4 Å². The molecule has 0 spiro atoms. The van der Waals surface area contributed by atoms with E-state index in [0.29, 0.717) is 18.8 Å². The van der Waals surface area contributed by atoms with E-state index in [4.69, 9.17) is 4.74 Å². The molecule has 1 amide bonds. The third-order valence-electron chi connectivity index (χ3n) is 3.32. The zero-order chi connectivity index (χ0) is 17.4. The lowest BCUT2D eigenvalue weighted by atomic mass is 10.2. The van der Waals surface area contributed by atoms with Gasteiger partial charge in [0, 0.05) is 28.8 Å². The van der Waals surface area contributed by atoms with Crippen LogP contribution in [-0.2, 0) is 11.3 Å². The standard InChI is InChI=1S/C19H21BrN2O2/c1-3-10-21-12-15-11-16(20)6-9-18(15)24-13-19(23)22-17-7-4-14(2)5-8-17/h3-9,11,21H,1,10,12-13H2,2H3,(H,22,23). The average molecular weight is 389 g/mol. The maximum atomic E-state index is 12.0. The van der Waals surface area contributed by atoms with E-state index >= 15 is 0 Å². The van der Waals surface area contributed by atoms with Crippen LogP contribution in [0.5, 0.6) is 5.75 Å². The van der Waals surface area contributed by atoms with Gasteiger partial charge in [0.1, 0.15) is 5.75 Å². The van der Waals surface area contributed by atoms with E-state index in [1.54, 1.807) is 6.08 Å². The summed E-state index contributed by atoms with van der Waals surface area (Å²) in [4.78, 5) is 12.0. The van der Waals surface area contributed by atoms with Gasteiger partial charge in [0.2, 0.25) is 0 Å². The van der Waals surface area contributed by atoms with Crippen molar-refractivity contribution >= 4 is 27.5 Å². The molecule has 5 heteroatoms. The smallest absolute Gasteiger partial charge is 0.262 e. The highest BCUT2D eigenvalue weighted by Gasteiger charge is 2.08. The number of nitrogens with one attached hydrogen (secondary N) is 2. The highest BCUT2D eigenvalue weighted by Crippen LogP contribution is 2.23. The molecule has 0 aliphatic carbocycles. The molecule has 4 nitrogen and oxygen atoms in total. The van der Waals surface area contributed by atoms with Crippen molar-refractivity contribution < 1.29 is 9.53 Å². The van der Waals surface area contributed by atoms with Crippen molar-refractivity contribution in [3.63, 3.8) is 0 Å². The first-order valence-corrected chi connectivity index (χ1v) is 8.47. The summed E-state index contributed by atoms with van der Waals surface area (Å²) in [5.41, 5.74) is 2.89. The minimum absolute atomic E-state index is 0.0377. The third-order valence-corrected chi connectivity index (χ3v) is 3.81. The minimum Gasteiger partial charge on any atom is -0.483 e. The molecule has 0 aromatic heterocycles. The summed E-state index contributed by atoms with van der Waals surface area (Å²) < 4.78 is 6.65. The number of benzene rings is 2. The van der Waals surface area contributed by atoms with E-state index in [0.717, 1.165) is 21.3 Å². The lowest BCUT2D eigenvalue weighted by Gasteiger charge is -2.12. The van der Waals surface area contributed by atoms with Crippen molar-refractivity contribution in [2.45, 2.75) is 13.5 Å². The molecule has 0 saturated heterocycles.